The summed E-state index contributed by atoms with van der Waals surface area (Å²) in [5, 5.41) is 17.0. The molecule has 27 heavy (non-hydrogen) atoms. The summed E-state index contributed by atoms with van der Waals surface area (Å²) in [6.07, 6.45) is 11.1. The molecule has 1 aliphatic rings. The van der Waals surface area contributed by atoms with Crippen LogP contribution in [0.5, 0.6) is 0 Å². The topological polar surface area (TPSA) is 77.7 Å². The van der Waals surface area contributed by atoms with E-state index in [1.54, 1.807) is 6.20 Å². The van der Waals surface area contributed by atoms with Crippen LogP contribution in [0, 0.1) is 12.3 Å². The van der Waals surface area contributed by atoms with Crippen molar-refractivity contribution in [2.24, 2.45) is 0 Å². The number of pyridine rings is 2. The second kappa shape index (κ2) is 7.37. The van der Waals surface area contributed by atoms with E-state index in [1.165, 1.54) is 0 Å². The van der Waals surface area contributed by atoms with Crippen molar-refractivity contribution in [3.63, 3.8) is 0 Å². The molecule has 138 valence electrons. The van der Waals surface area contributed by atoms with Gasteiger partial charge in [0.15, 0.2) is 5.82 Å². The molecule has 4 rings (SSSR count). The van der Waals surface area contributed by atoms with Crippen molar-refractivity contribution in [1.82, 2.24) is 24.6 Å². The predicted molar refractivity (Wildman–Crippen MR) is 105 cm³/mol. The molecule has 4 heterocycles. The van der Waals surface area contributed by atoms with E-state index in [1.807, 2.05) is 41.1 Å². The second-order valence-corrected chi connectivity index (χ2v) is 6.87. The summed E-state index contributed by atoms with van der Waals surface area (Å²) in [5.41, 5.74) is 2.35. The van der Waals surface area contributed by atoms with E-state index in [9.17, 15) is 5.11 Å². The number of aromatic nitrogens is 3. The lowest BCUT2D eigenvalue weighted by molar-refractivity contribution is 0.124. The number of likely N-dealkylation sites (N-methyl/N-ethyl adjacent to an activating group) is 1. The highest BCUT2D eigenvalue weighted by Crippen LogP contribution is 2.20. The Kier molecular flexibility index (Phi) is 4.77. The quantitative estimate of drug-likeness (QED) is 0.474. The summed E-state index contributed by atoms with van der Waals surface area (Å²) >= 11 is 0. The SMILES string of the molecule is C#Cc1ccc2nc(Nc3cc(C(O)N[C@H]4CCN(C)C4)ccn3)cn2c1. The van der Waals surface area contributed by atoms with Crippen molar-refractivity contribution in [3.05, 3.63) is 54.0 Å². The number of fused-ring (bicyclic) bond motifs is 1. The molecule has 1 aliphatic heterocycles. The van der Waals surface area contributed by atoms with Gasteiger partial charge >= 0.3 is 0 Å². The molecule has 2 atom stereocenters. The van der Waals surface area contributed by atoms with Gasteiger partial charge in [0.2, 0.25) is 0 Å². The highest BCUT2D eigenvalue weighted by Gasteiger charge is 2.22. The Bertz CT molecular complexity index is 992. The molecule has 0 spiro atoms. The predicted octanol–water partition coefficient (Wildman–Crippen LogP) is 1.74. The molecular weight excluding hydrogens is 340 g/mol. The Balaban J connectivity index is 1.48. The van der Waals surface area contributed by atoms with E-state index in [2.05, 4.69) is 38.5 Å². The minimum absolute atomic E-state index is 0.290. The molecular formula is C20H22N6O. The van der Waals surface area contributed by atoms with Gasteiger partial charge < -0.3 is 19.7 Å². The van der Waals surface area contributed by atoms with Crippen molar-refractivity contribution >= 4 is 17.3 Å². The second-order valence-electron chi connectivity index (χ2n) is 6.87. The number of rotatable bonds is 5. The maximum atomic E-state index is 10.5. The minimum Gasteiger partial charge on any atom is -0.374 e. The van der Waals surface area contributed by atoms with Gasteiger partial charge in [0.05, 0.1) is 6.20 Å². The number of hydrogen-bond acceptors (Lipinski definition) is 6. The molecule has 0 saturated carbocycles. The van der Waals surface area contributed by atoms with Gasteiger partial charge in [-0.3, -0.25) is 5.32 Å². The van der Waals surface area contributed by atoms with Gasteiger partial charge in [-0.25, -0.2) is 9.97 Å². The number of likely N-dealkylation sites (tertiary alicyclic amines) is 1. The molecule has 3 aromatic heterocycles. The molecule has 1 fully saturated rings. The van der Waals surface area contributed by atoms with Crippen LogP contribution < -0.4 is 10.6 Å². The molecule has 7 heteroatoms. The number of imidazole rings is 1. The van der Waals surface area contributed by atoms with E-state index < -0.39 is 6.23 Å². The number of nitrogens with zero attached hydrogens (tertiary/aromatic N) is 4. The lowest BCUT2D eigenvalue weighted by atomic mass is 10.2. The zero-order chi connectivity index (χ0) is 18.8. The van der Waals surface area contributed by atoms with Crippen LogP contribution in [0.3, 0.4) is 0 Å². The molecule has 0 aliphatic carbocycles. The van der Waals surface area contributed by atoms with E-state index in [0.717, 1.165) is 36.3 Å². The summed E-state index contributed by atoms with van der Waals surface area (Å²) in [4.78, 5) is 11.1. The normalized spacial score (nSPS) is 18.5. The highest BCUT2D eigenvalue weighted by atomic mass is 16.3. The zero-order valence-corrected chi connectivity index (χ0v) is 15.1. The fourth-order valence-electron chi connectivity index (χ4n) is 3.34. The summed E-state index contributed by atoms with van der Waals surface area (Å²) in [7, 11) is 2.09. The van der Waals surface area contributed by atoms with Gasteiger partial charge in [-0.1, -0.05) is 5.92 Å². The first-order valence-corrected chi connectivity index (χ1v) is 8.92. The van der Waals surface area contributed by atoms with E-state index in [4.69, 9.17) is 6.42 Å². The van der Waals surface area contributed by atoms with E-state index in [0.29, 0.717) is 17.7 Å². The molecule has 7 nitrogen and oxygen atoms in total. The molecule has 0 radical (unpaired) electrons. The van der Waals surface area contributed by atoms with Crippen LogP contribution in [-0.4, -0.2) is 50.6 Å². The van der Waals surface area contributed by atoms with Gasteiger partial charge in [0.1, 0.15) is 17.7 Å². The maximum Gasteiger partial charge on any atom is 0.150 e. The van der Waals surface area contributed by atoms with Crippen LogP contribution in [-0.2, 0) is 0 Å². The number of terminal acetylenes is 1. The molecule has 1 unspecified atom stereocenters. The third kappa shape index (κ3) is 3.93. The molecule has 0 aromatic carbocycles. The van der Waals surface area contributed by atoms with Crippen molar-refractivity contribution in [1.29, 1.82) is 0 Å². The Morgan fingerprint density at radius 1 is 1.30 bits per heavy atom. The van der Waals surface area contributed by atoms with Crippen LogP contribution in [0.15, 0.2) is 42.9 Å². The van der Waals surface area contributed by atoms with Crippen LogP contribution in [0.25, 0.3) is 5.65 Å². The molecule has 1 saturated heterocycles. The molecule has 3 aromatic rings. The number of aliphatic hydroxyl groups excluding tert-OH is 1. The Labute approximate surface area is 158 Å². The molecule has 0 amide bonds. The standard InChI is InChI=1S/C20H22N6O/c1-3-14-4-5-19-24-18(13-26(19)11-14)23-17-10-15(6-8-21-17)20(27)22-16-7-9-25(2)12-16/h1,4-6,8,10-11,13,16,20,22,27H,7,9,12H2,2H3,(H,21,23)/t16-,20?/m0/s1. The van der Waals surface area contributed by atoms with Gasteiger partial charge in [0, 0.05) is 36.1 Å². The van der Waals surface area contributed by atoms with Crippen LogP contribution in [0.4, 0.5) is 11.6 Å². The largest absolute Gasteiger partial charge is 0.374 e. The van der Waals surface area contributed by atoms with Gasteiger partial charge in [0.25, 0.3) is 0 Å². The first-order chi connectivity index (χ1) is 13.1. The van der Waals surface area contributed by atoms with Crippen molar-refractivity contribution < 1.29 is 5.11 Å². The van der Waals surface area contributed by atoms with E-state index in [-0.39, 0.29) is 0 Å². The van der Waals surface area contributed by atoms with Crippen molar-refractivity contribution in [3.8, 4) is 12.3 Å². The Morgan fingerprint density at radius 3 is 2.96 bits per heavy atom. The average molecular weight is 362 g/mol. The van der Waals surface area contributed by atoms with Crippen molar-refractivity contribution in [2.45, 2.75) is 18.7 Å². The van der Waals surface area contributed by atoms with E-state index >= 15 is 0 Å². The average Bonchev–Trinajstić information content (AvgIpc) is 3.26. The molecule has 0 bridgehead atoms. The first kappa shape index (κ1) is 17.5. The maximum absolute atomic E-state index is 10.5. The van der Waals surface area contributed by atoms with Gasteiger partial charge in [-0.15, -0.1) is 6.42 Å². The fourth-order valence-corrected chi connectivity index (χ4v) is 3.34. The van der Waals surface area contributed by atoms with Crippen molar-refractivity contribution in [2.75, 3.05) is 25.5 Å². The third-order valence-electron chi connectivity index (χ3n) is 4.76. The zero-order valence-electron chi connectivity index (χ0n) is 15.1. The highest BCUT2D eigenvalue weighted by molar-refractivity contribution is 5.57. The lowest BCUT2D eigenvalue weighted by Crippen LogP contribution is -2.34. The third-order valence-corrected chi connectivity index (χ3v) is 4.76. The number of anilines is 2. The fraction of sp³-hybridized carbons (Fsp3) is 0.300. The van der Waals surface area contributed by atoms with Crippen LogP contribution in [0.2, 0.25) is 0 Å². The first-order valence-electron chi connectivity index (χ1n) is 8.92. The summed E-state index contributed by atoms with van der Waals surface area (Å²) in [5.74, 6) is 3.89. The number of hydrogen-bond donors (Lipinski definition) is 3. The monoisotopic (exact) mass is 362 g/mol. The van der Waals surface area contributed by atoms with Crippen LogP contribution >= 0.6 is 0 Å². The lowest BCUT2D eigenvalue weighted by Gasteiger charge is -2.19. The summed E-state index contributed by atoms with van der Waals surface area (Å²) in [6, 6.07) is 7.65. The van der Waals surface area contributed by atoms with Crippen LogP contribution in [0.1, 0.15) is 23.8 Å². The minimum atomic E-state index is -0.732. The van der Waals surface area contributed by atoms with Gasteiger partial charge in [-0.05, 0) is 44.3 Å². The Morgan fingerprint density at radius 2 is 2.19 bits per heavy atom. The smallest absolute Gasteiger partial charge is 0.150 e. The summed E-state index contributed by atoms with van der Waals surface area (Å²) < 4.78 is 1.87. The number of aliphatic hydroxyl groups is 1. The summed E-state index contributed by atoms with van der Waals surface area (Å²) in [6.45, 7) is 1.98. The van der Waals surface area contributed by atoms with Gasteiger partial charge in [-0.2, -0.15) is 0 Å². The number of nitrogens with one attached hydrogen (secondary N) is 2. The Hall–Kier alpha value is -2.92. The molecule has 3 N–H and O–H groups in total.